The van der Waals surface area contributed by atoms with Crippen molar-refractivity contribution in [3.63, 3.8) is 0 Å². The van der Waals surface area contributed by atoms with Gasteiger partial charge in [-0.2, -0.15) is 23.8 Å². The maximum Gasteiger partial charge on any atom is 2.00 e. The van der Waals surface area contributed by atoms with Crippen molar-refractivity contribution in [2.75, 3.05) is 0 Å². The van der Waals surface area contributed by atoms with Crippen LogP contribution >= 0.6 is 0 Å². The number of hydrogen-bond donors (Lipinski definition) is 2. The first kappa shape index (κ1) is 39.7. The predicted molar refractivity (Wildman–Crippen MR) is 209 cm³/mol. The van der Waals surface area contributed by atoms with E-state index < -0.39 is 20.2 Å². The number of rotatable bonds is 6. The molecule has 12 nitrogen and oxygen atoms in total. The van der Waals surface area contributed by atoms with Gasteiger partial charge in [0.1, 0.15) is 26.5 Å². The molecule has 55 heavy (non-hydrogen) atoms. The molecular weight excluding hydrogens is 866 g/mol. The molecule has 0 aliphatic carbocycles. The number of aromatic hydroxyl groups is 1. The van der Waals surface area contributed by atoms with Crippen LogP contribution < -0.4 is 5.11 Å². The standard InChI is InChI=1S/2C20H14N2O4S.Ba/c2*23-18-11-9-13-4-1-2-6-16(13)20(18)22-21-15-10-8-14-5-3-7-19(17(14)12-15)27(24,25)26;/h2*1-12,23H,(H,24,25,26);/q;;+2/p-2. The van der Waals surface area contributed by atoms with Gasteiger partial charge in [0.05, 0.1) is 22.0 Å². The molecule has 8 aromatic rings. The zero-order chi connectivity index (χ0) is 38.0. The average Bonchev–Trinajstić information content (AvgIpc) is 3.16. The molecule has 0 heterocycles. The molecule has 0 fully saturated rings. The number of hydrogen-bond acceptors (Lipinski definition) is 11. The Kier molecular flexibility index (Phi) is 11.8. The number of azo groups is 2. The van der Waals surface area contributed by atoms with Gasteiger partial charge < -0.3 is 14.8 Å². The Hall–Kier alpha value is -5.01. The quantitative estimate of drug-likeness (QED) is 0.0933. The van der Waals surface area contributed by atoms with Gasteiger partial charge in [-0.05, 0) is 64.0 Å². The van der Waals surface area contributed by atoms with Crippen LogP contribution in [0.2, 0.25) is 0 Å². The second kappa shape index (κ2) is 16.4. The molecule has 0 bridgehead atoms. The molecule has 0 saturated carbocycles. The van der Waals surface area contributed by atoms with E-state index in [0.29, 0.717) is 38.6 Å². The SMILES string of the molecule is O=S(=O)(O)c1cccc2ccc(N=Nc3c(O)ccc4ccccc34)cc12.O=S(=O)([O-])c1cccc2ccc(N=Nc3c([O-])ccc4ccccc34)cc12.[Ba+2]. The summed E-state index contributed by atoms with van der Waals surface area (Å²) in [5.74, 6) is -0.266. The molecule has 8 rings (SSSR count). The van der Waals surface area contributed by atoms with E-state index in [1.165, 1.54) is 36.4 Å². The summed E-state index contributed by atoms with van der Waals surface area (Å²) in [4.78, 5) is -0.503. The Bertz CT molecular complexity index is 2840. The Balaban J connectivity index is 0.000000184. The van der Waals surface area contributed by atoms with E-state index in [2.05, 4.69) is 20.5 Å². The van der Waals surface area contributed by atoms with E-state index >= 15 is 0 Å². The third kappa shape index (κ3) is 8.78. The number of nitrogens with zero attached hydrogens (tertiary/aromatic N) is 4. The summed E-state index contributed by atoms with van der Waals surface area (Å²) in [6, 6.07) is 40.0. The molecule has 8 aromatic carbocycles. The third-order valence-corrected chi connectivity index (χ3v) is 10.3. The molecular formula is C40H26BaN4O8S2. The molecule has 15 heteroatoms. The van der Waals surface area contributed by atoms with E-state index in [1.54, 1.807) is 66.7 Å². The van der Waals surface area contributed by atoms with Crippen LogP contribution in [0.4, 0.5) is 22.7 Å². The predicted octanol–water partition coefficient (Wildman–Crippen LogP) is 9.37. The zero-order valence-electron chi connectivity index (χ0n) is 28.5. The first-order valence-corrected chi connectivity index (χ1v) is 18.9. The molecule has 0 aliphatic rings. The third-order valence-electron chi connectivity index (χ3n) is 8.47. The number of phenolic OH excluding ortho intramolecular Hbond substituents is 1. The summed E-state index contributed by atoms with van der Waals surface area (Å²) < 4.78 is 67.1. The van der Waals surface area contributed by atoms with Crippen molar-refractivity contribution in [1.29, 1.82) is 0 Å². The van der Waals surface area contributed by atoms with Gasteiger partial charge in [-0.25, -0.2) is 8.42 Å². The largest absolute Gasteiger partial charge is 2.00 e. The van der Waals surface area contributed by atoms with Crippen LogP contribution in [0, 0.1) is 0 Å². The minimum absolute atomic E-state index is 0. The van der Waals surface area contributed by atoms with Crippen molar-refractivity contribution in [2.24, 2.45) is 20.5 Å². The Morgan fingerprint density at radius 3 is 1.47 bits per heavy atom. The van der Waals surface area contributed by atoms with Crippen LogP contribution in [0.15, 0.2) is 176 Å². The number of phenols is 1. The van der Waals surface area contributed by atoms with Gasteiger partial charge in [-0.1, -0.05) is 109 Å². The summed E-state index contributed by atoms with van der Waals surface area (Å²) in [6.07, 6.45) is 0. The van der Waals surface area contributed by atoms with Crippen molar-refractivity contribution in [3.8, 4) is 11.5 Å². The Morgan fingerprint density at radius 2 is 0.909 bits per heavy atom. The van der Waals surface area contributed by atoms with Crippen LogP contribution in [0.5, 0.6) is 11.5 Å². The molecule has 0 radical (unpaired) electrons. The molecule has 0 amide bonds. The second-order valence-corrected chi connectivity index (χ2v) is 14.7. The van der Waals surface area contributed by atoms with Crippen LogP contribution in [-0.2, 0) is 20.2 Å². The van der Waals surface area contributed by atoms with E-state index in [4.69, 9.17) is 0 Å². The van der Waals surface area contributed by atoms with Gasteiger partial charge in [0.25, 0.3) is 10.1 Å². The Labute approximate surface area is 355 Å². The molecule has 2 N–H and O–H groups in total. The van der Waals surface area contributed by atoms with Crippen LogP contribution in [0.3, 0.4) is 0 Å². The van der Waals surface area contributed by atoms with Crippen molar-refractivity contribution in [1.82, 2.24) is 0 Å². The van der Waals surface area contributed by atoms with E-state index in [9.17, 15) is 36.2 Å². The fourth-order valence-electron chi connectivity index (χ4n) is 5.93. The fourth-order valence-corrected chi connectivity index (χ4v) is 7.33. The average molecular weight is 892 g/mol. The second-order valence-electron chi connectivity index (χ2n) is 11.9. The monoisotopic (exact) mass is 892 g/mol. The van der Waals surface area contributed by atoms with E-state index in [1.807, 2.05) is 42.5 Å². The molecule has 0 aliphatic heterocycles. The molecule has 0 unspecified atom stereocenters. The van der Waals surface area contributed by atoms with Crippen molar-refractivity contribution < 1.29 is 36.2 Å². The van der Waals surface area contributed by atoms with Gasteiger partial charge in [0.15, 0.2) is 0 Å². The van der Waals surface area contributed by atoms with E-state index in [-0.39, 0.29) is 81.2 Å². The van der Waals surface area contributed by atoms with Gasteiger partial charge >= 0.3 is 48.9 Å². The van der Waals surface area contributed by atoms with Gasteiger partial charge in [0.2, 0.25) is 0 Å². The number of benzene rings is 8. The topological polar surface area (TPSA) is 204 Å². The normalized spacial score (nSPS) is 12.0. The van der Waals surface area contributed by atoms with Crippen LogP contribution in [-0.4, -0.2) is 79.9 Å². The Morgan fingerprint density at radius 1 is 0.473 bits per heavy atom. The van der Waals surface area contributed by atoms with Gasteiger partial charge in [-0.3, -0.25) is 4.55 Å². The summed E-state index contributed by atoms with van der Waals surface area (Å²) in [5, 5.41) is 43.9. The zero-order valence-corrected chi connectivity index (χ0v) is 34.6. The summed E-state index contributed by atoms with van der Waals surface area (Å²) in [6.45, 7) is 0. The fraction of sp³-hybridized carbons (Fsp3) is 0. The maximum absolute atomic E-state index is 12.2. The van der Waals surface area contributed by atoms with Crippen LogP contribution in [0.25, 0.3) is 43.1 Å². The first-order valence-electron chi connectivity index (χ1n) is 16.1. The summed E-state index contributed by atoms with van der Waals surface area (Å²) >= 11 is 0. The van der Waals surface area contributed by atoms with Gasteiger partial charge in [0, 0.05) is 21.5 Å². The molecule has 0 saturated heterocycles. The molecule has 0 aromatic heterocycles. The van der Waals surface area contributed by atoms with Crippen molar-refractivity contribution >= 4 is 135 Å². The van der Waals surface area contributed by atoms with E-state index in [0.717, 1.165) is 16.2 Å². The minimum atomic E-state index is -4.62. The molecule has 268 valence electrons. The molecule has 0 spiro atoms. The van der Waals surface area contributed by atoms with Crippen LogP contribution in [0.1, 0.15) is 0 Å². The smallest absolute Gasteiger partial charge is 0.871 e. The summed E-state index contributed by atoms with van der Waals surface area (Å²) in [7, 11) is -8.98. The van der Waals surface area contributed by atoms with Crippen molar-refractivity contribution in [2.45, 2.75) is 9.79 Å². The number of fused-ring (bicyclic) bond motifs is 4. The maximum atomic E-state index is 12.2. The molecule has 0 atom stereocenters. The first-order chi connectivity index (χ1) is 25.9. The van der Waals surface area contributed by atoms with Gasteiger partial charge in [-0.15, -0.1) is 5.11 Å². The summed E-state index contributed by atoms with van der Waals surface area (Å²) in [5.41, 5.74) is 1.27. The minimum Gasteiger partial charge on any atom is -0.871 e. The van der Waals surface area contributed by atoms with Crippen molar-refractivity contribution in [3.05, 3.63) is 146 Å².